The predicted octanol–water partition coefficient (Wildman–Crippen LogP) is 3.37. The molecule has 0 bridgehead atoms. The molecule has 0 saturated carbocycles. The summed E-state index contributed by atoms with van der Waals surface area (Å²) >= 11 is 0. The summed E-state index contributed by atoms with van der Waals surface area (Å²) in [6, 6.07) is 12.4. The van der Waals surface area contributed by atoms with E-state index in [2.05, 4.69) is 30.3 Å². The molecule has 0 unspecified atom stereocenters. The van der Waals surface area contributed by atoms with Gasteiger partial charge in [0.25, 0.3) is 0 Å². The summed E-state index contributed by atoms with van der Waals surface area (Å²) < 4.78 is 5.38. The summed E-state index contributed by atoms with van der Waals surface area (Å²) in [6.07, 6.45) is 4.91. The summed E-state index contributed by atoms with van der Waals surface area (Å²) in [7, 11) is 0. The van der Waals surface area contributed by atoms with E-state index in [0.29, 0.717) is 0 Å². The molecular weight excluding hydrogens is 263 g/mol. The maximum Gasteiger partial charge on any atom is 0.130 e. The third kappa shape index (κ3) is 1.91. The molecule has 1 aliphatic rings. The van der Waals surface area contributed by atoms with Crippen LogP contribution in [0.3, 0.4) is 0 Å². The van der Waals surface area contributed by atoms with E-state index in [0.717, 1.165) is 12.2 Å². The molecule has 0 atom stereocenters. The van der Waals surface area contributed by atoms with Crippen LogP contribution in [0.1, 0.15) is 16.9 Å². The molecule has 3 rings (SSSR count). The topological polar surface area (TPSA) is 13.1 Å². The minimum absolute atomic E-state index is 0. The van der Waals surface area contributed by atoms with E-state index in [-0.39, 0.29) is 26.2 Å². The Kier molecular flexibility index (Phi) is 3.06. The van der Waals surface area contributed by atoms with Crippen LogP contribution in [0.2, 0.25) is 0 Å². The second kappa shape index (κ2) is 4.32. The first-order chi connectivity index (χ1) is 6.93. The predicted molar refractivity (Wildman–Crippen MR) is 56.7 cm³/mol. The first kappa shape index (κ1) is 10.6. The Morgan fingerprint density at radius 1 is 1.00 bits per heavy atom. The van der Waals surface area contributed by atoms with Gasteiger partial charge in [-0.3, -0.25) is 0 Å². The van der Waals surface area contributed by atoms with Gasteiger partial charge in [-0.2, -0.15) is 0 Å². The van der Waals surface area contributed by atoms with Crippen molar-refractivity contribution in [3.8, 4) is 0 Å². The zero-order valence-corrected chi connectivity index (χ0v) is 10.7. The Balaban J connectivity index is 0.000000853. The molecule has 15 heavy (non-hydrogen) atoms. The quantitative estimate of drug-likeness (QED) is 0.776. The first-order valence-electron chi connectivity index (χ1n) is 4.76. The van der Waals surface area contributed by atoms with E-state index >= 15 is 0 Å². The van der Waals surface area contributed by atoms with Crippen molar-refractivity contribution in [3.05, 3.63) is 59.5 Å². The number of benzene rings is 1. The summed E-state index contributed by atoms with van der Waals surface area (Å²) in [5.41, 5.74) is 3.98. The van der Waals surface area contributed by atoms with Crippen LogP contribution >= 0.6 is 0 Å². The van der Waals surface area contributed by atoms with Crippen LogP contribution in [-0.2, 0) is 32.6 Å². The van der Waals surface area contributed by atoms with E-state index in [1.165, 1.54) is 16.7 Å². The Bertz CT molecular complexity index is 483. The van der Waals surface area contributed by atoms with Crippen molar-refractivity contribution >= 4 is 11.6 Å². The SMILES string of the molecule is C1=C(c2ccco2)Cc2ccccc21.[Zr]. The van der Waals surface area contributed by atoms with E-state index < -0.39 is 0 Å². The summed E-state index contributed by atoms with van der Waals surface area (Å²) in [5, 5.41) is 0. The molecule has 0 saturated heterocycles. The molecule has 0 amide bonds. The monoisotopic (exact) mass is 272 g/mol. The zero-order chi connectivity index (χ0) is 9.38. The Morgan fingerprint density at radius 2 is 1.87 bits per heavy atom. The molecule has 2 aromatic rings. The zero-order valence-electron chi connectivity index (χ0n) is 8.23. The largest absolute Gasteiger partial charge is 0.465 e. The van der Waals surface area contributed by atoms with Crippen LogP contribution in [0.4, 0.5) is 0 Å². The average Bonchev–Trinajstić information content (AvgIpc) is 2.86. The van der Waals surface area contributed by atoms with Gasteiger partial charge in [0.1, 0.15) is 5.76 Å². The Morgan fingerprint density at radius 3 is 2.60 bits per heavy atom. The van der Waals surface area contributed by atoms with Crippen molar-refractivity contribution in [1.82, 2.24) is 0 Å². The van der Waals surface area contributed by atoms with Crippen molar-refractivity contribution < 1.29 is 30.6 Å². The minimum atomic E-state index is 0. The van der Waals surface area contributed by atoms with Gasteiger partial charge in [0.05, 0.1) is 6.26 Å². The van der Waals surface area contributed by atoms with Gasteiger partial charge in [0.2, 0.25) is 0 Å². The van der Waals surface area contributed by atoms with Crippen LogP contribution in [-0.4, -0.2) is 0 Å². The molecule has 0 radical (unpaired) electrons. The second-order valence-electron chi connectivity index (χ2n) is 3.52. The molecular formula is C13H10OZr. The van der Waals surface area contributed by atoms with E-state index in [1.807, 2.05) is 12.1 Å². The molecule has 0 N–H and O–H groups in total. The van der Waals surface area contributed by atoms with E-state index in [9.17, 15) is 0 Å². The van der Waals surface area contributed by atoms with Crippen LogP contribution in [0, 0.1) is 0 Å². The van der Waals surface area contributed by atoms with Crippen molar-refractivity contribution in [2.45, 2.75) is 6.42 Å². The van der Waals surface area contributed by atoms with Crippen LogP contribution in [0.5, 0.6) is 0 Å². The van der Waals surface area contributed by atoms with Gasteiger partial charge >= 0.3 is 0 Å². The molecule has 0 aliphatic heterocycles. The third-order valence-electron chi connectivity index (χ3n) is 2.60. The number of allylic oxidation sites excluding steroid dienone is 1. The molecule has 1 aromatic carbocycles. The van der Waals surface area contributed by atoms with Crippen LogP contribution in [0.25, 0.3) is 11.6 Å². The normalized spacial score (nSPS) is 12.9. The molecule has 1 aliphatic carbocycles. The number of hydrogen-bond acceptors (Lipinski definition) is 1. The second-order valence-corrected chi connectivity index (χ2v) is 3.52. The molecule has 1 heterocycles. The number of fused-ring (bicyclic) bond motifs is 1. The molecule has 0 spiro atoms. The molecule has 0 fully saturated rings. The van der Waals surface area contributed by atoms with Gasteiger partial charge in [-0.05, 0) is 34.9 Å². The maximum absolute atomic E-state index is 5.38. The molecule has 1 nitrogen and oxygen atoms in total. The van der Waals surface area contributed by atoms with Crippen molar-refractivity contribution in [2.75, 3.05) is 0 Å². The van der Waals surface area contributed by atoms with Crippen molar-refractivity contribution in [2.24, 2.45) is 0 Å². The smallest absolute Gasteiger partial charge is 0.130 e. The fourth-order valence-electron chi connectivity index (χ4n) is 1.90. The standard InChI is InChI=1S/C13H10O.Zr/c1-2-5-11-9-12(8-10(11)4-1)13-6-3-7-14-13;/h1-8H,9H2;. The Hall–Kier alpha value is -0.877. The maximum atomic E-state index is 5.38. The molecule has 72 valence electrons. The summed E-state index contributed by atoms with van der Waals surface area (Å²) in [6.45, 7) is 0. The fraction of sp³-hybridized carbons (Fsp3) is 0.0769. The van der Waals surface area contributed by atoms with E-state index in [4.69, 9.17) is 4.42 Å². The molecule has 1 aromatic heterocycles. The van der Waals surface area contributed by atoms with Gasteiger partial charge in [0, 0.05) is 32.6 Å². The van der Waals surface area contributed by atoms with Gasteiger partial charge in [-0.25, -0.2) is 0 Å². The van der Waals surface area contributed by atoms with Gasteiger partial charge < -0.3 is 4.42 Å². The number of hydrogen-bond donors (Lipinski definition) is 0. The van der Waals surface area contributed by atoms with Crippen LogP contribution < -0.4 is 0 Å². The fourth-order valence-corrected chi connectivity index (χ4v) is 1.90. The summed E-state index contributed by atoms with van der Waals surface area (Å²) in [4.78, 5) is 0. The van der Waals surface area contributed by atoms with Crippen LogP contribution in [0.15, 0.2) is 47.1 Å². The van der Waals surface area contributed by atoms with E-state index in [1.54, 1.807) is 6.26 Å². The molecule has 2 heteroatoms. The average molecular weight is 273 g/mol. The summed E-state index contributed by atoms with van der Waals surface area (Å²) in [5.74, 6) is 0.987. The first-order valence-corrected chi connectivity index (χ1v) is 4.76. The third-order valence-corrected chi connectivity index (χ3v) is 2.60. The van der Waals surface area contributed by atoms with Gasteiger partial charge in [-0.15, -0.1) is 0 Å². The van der Waals surface area contributed by atoms with Gasteiger partial charge in [0.15, 0.2) is 0 Å². The van der Waals surface area contributed by atoms with Gasteiger partial charge in [-0.1, -0.05) is 24.3 Å². The van der Waals surface area contributed by atoms with Crippen molar-refractivity contribution in [3.63, 3.8) is 0 Å². The minimum Gasteiger partial charge on any atom is -0.465 e. The Labute approximate surface area is 108 Å². The number of furan rings is 1. The number of rotatable bonds is 1. The van der Waals surface area contributed by atoms with Crippen molar-refractivity contribution in [1.29, 1.82) is 0 Å².